The molecule has 0 aliphatic heterocycles. The highest BCUT2D eigenvalue weighted by molar-refractivity contribution is 5.68. The maximum absolute atomic E-state index is 6.30. The van der Waals surface area contributed by atoms with Gasteiger partial charge in [0.15, 0.2) is 0 Å². The third-order valence-electron chi connectivity index (χ3n) is 4.08. The molecule has 5 heteroatoms. The van der Waals surface area contributed by atoms with Gasteiger partial charge in [-0.15, -0.1) is 6.42 Å². The van der Waals surface area contributed by atoms with Crippen molar-refractivity contribution in [2.45, 2.75) is 44.2 Å². The Morgan fingerprint density at radius 1 is 1.35 bits per heavy atom. The minimum absolute atomic E-state index is 0.488. The lowest BCUT2D eigenvalue weighted by Crippen LogP contribution is -2.05. The van der Waals surface area contributed by atoms with E-state index in [1.807, 2.05) is 17.1 Å². The van der Waals surface area contributed by atoms with Gasteiger partial charge in [0.05, 0.1) is 24.8 Å². The number of terminal acetylenes is 1. The molecule has 2 aliphatic rings. The summed E-state index contributed by atoms with van der Waals surface area (Å²) in [6, 6.07) is 0.564. The van der Waals surface area contributed by atoms with E-state index in [1.165, 1.54) is 25.7 Å². The van der Waals surface area contributed by atoms with Gasteiger partial charge in [-0.25, -0.2) is 9.97 Å². The molecule has 2 fully saturated rings. The number of rotatable bonds is 4. The summed E-state index contributed by atoms with van der Waals surface area (Å²) in [5.74, 6) is 4.92. The summed E-state index contributed by atoms with van der Waals surface area (Å²) < 4.78 is 4.17. The van der Waals surface area contributed by atoms with Gasteiger partial charge in [0.2, 0.25) is 0 Å². The van der Waals surface area contributed by atoms with Gasteiger partial charge in [0, 0.05) is 12.0 Å². The fourth-order valence-corrected chi connectivity index (χ4v) is 2.71. The zero-order valence-corrected chi connectivity index (χ0v) is 11.3. The third kappa shape index (κ3) is 1.72. The van der Waals surface area contributed by atoms with Crippen molar-refractivity contribution in [1.29, 1.82) is 0 Å². The van der Waals surface area contributed by atoms with E-state index in [2.05, 4.69) is 15.5 Å². The molecule has 0 aromatic carbocycles. The van der Waals surface area contributed by atoms with Gasteiger partial charge in [0.25, 0.3) is 0 Å². The van der Waals surface area contributed by atoms with Gasteiger partial charge in [0.1, 0.15) is 17.3 Å². The minimum atomic E-state index is 0.488. The van der Waals surface area contributed by atoms with Crippen molar-refractivity contribution >= 4 is 5.82 Å². The fraction of sp³-hybridized carbons (Fsp3) is 0.467. The number of anilines is 1. The molecule has 2 aromatic heterocycles. The quantitative estimate of drug-likeness (QED) is 0.864. The minimum Gasteiger partial charge on any atom is -0.383 e. The maximum Gasteiger partial charge on any atom is 0.134 e. The zero-order chi connectivity index (χ0) is 13.7. The third-order valence-corrected chi connectivity index (χ3v) is 4.08. The number of hydrogen-bond donors (Lipinski definition) is 1. The number of nitrogens with zero attached hydrogens (tertiary/aromatic N) is 4. The van der Waals surface area contributed by atoms with Crippen molar-refractivity contribution in [3.05, 3.63) is 18.3 Å². The van der Waals surface area contributed by atoms with Crippen LogP contribution in [0.25, 0.3) is 11.4 Å². The molecule has 0 atom stereocenters. The Labute approximate surface area is 117 Å². The van der Waals surface area contributed by atoms with E-state index in [4.69, 9.17) is 17.1 Å². The first-order valence-electron chi connectivity index (χ1n) is 7.11. The highest BCUT2D eigenvalue weighted by Gasteiger charge is 2.32. The summed E-state index contributed by atoms with van der Waals surface area (Å²) >= 11 is 0. The van der Waals surface area contributed by atoms with Crippen LogP contribution in [0.1, 0.15) is 43.5 Å². The second-order valence-corrected chi connectivity index (χ2v) is 5.69. The molecule has 4 rings (SSSR count). The molecule has 0 saturated heterocycles. The molecule has 0 spiro atoms. The van der Waals surface area contributed by atoms with Crippen LogP contribution >= 0.6 is 0 Å². The summed E-state index contributed by atoms with van der Waals surface area (Å²) in [5, 5.41) is 0. The molecule has 2 heterocycles. The van der Waals surface area contributed by atoms with Crippen LogP contribution in [-0.4, -0.2) is 19.1 Å². The van der Waals surface area contributed by atoms with Crippen LogP contribution in [0.5, 0.6) is 0 Å². The average Bonchev–Trinajstić information content (AvgIpc) is 3.37. The molecule has 2 aromatic rings. The number of hydrogen-bond acceptors (Lipinski definition) is 3. The van der Waals surface area contributed by atoms with Crippen molar-refractivity contribution in [1.82, 2.24) is 19.1 Å². The monoisotopic (exact) mass is 267 g/mol. The summed E-state index contributed by atoms with van der Waals surface area (Å²) in [7, 11) is 0. The SMILES string of the molecule is C#CCn1c(C2CC2)nc(-c2cncn2C2CC2)c1N. The summed E-state index contributed by atoms with van der Waals surface area (Å²) in [6.07, 6.45) is 14.0. The second-order valence-electron chi connectivity index (χ2n) is 5.69. The lowest BCUT2D eigenvalue weighted by Gasteiger charge is -2.06. The van der Waals surface area contributed by atoms with Gasteiger partial charge in [-0.2, -0.15) is 0 Å². The molecular formula is C15H17N5. The molecule has 2 aliphatic carbocycles. The Balaban J connectivity index is 1.83. The van der Waals surface area contributed by atoms with E-state index < -0.39 is 0 Å². The van der Waals surface area contributed by atoms with Gasteiger partial charge >= 0.3 is 0 Å². The first kappa shape index (κ1) is 11.6. The molecule has 0 unspecified atom stereocenters. The topological polar surface area (TPSA) is 61.7 Å². The van der Waals surface area contributed by atoms with E-state index in [0.717, 1.165) is 17.2 Å². The number of aromatic nitrogens is 4. The smallest absolute Gasteiger partial charge is 0.134 e. The number of imidazole rings is 2. The predicted molar refractivity (Wildman–Crippen MR) is 76.9 cm³/mol. The summed E-state index contributed by atoms with van der Waals surface area (Å²) in [6.45, 7) is 0.488. The molecule has 2 N–H and O–H groups in total. The van der Waals surface area contributed by atoms with E-state index in [0.29, 0.717) is 24.3 Å². The van der Waals surface area contributed by atoms with Crippen molar-refractivity contribution in [3.63, 3.8) is 0 Å². The van der Waals surface area contributed by atoms with Crippen molar-refractivity contribution in [2.75, 3.05) is 5.73 Å². The van der Waals surface area contributed by atoms with E-state index in [1.54, 1.807) is 0 Å². The van der Waals surface area contributed by atoms with Crippen LogP contribution < -0.4 is 5.73 Å². The van der Waals surface area contributed by atoms with Gasteiger partial charge in [-0.3, -0.25) is 0 Å². The molecule has 20 heavy (non-hydrogen) atoms. The van der Waals surface area contributed by atoms with Crippen LogP contribution in [0.3, 0.4) is 0 Å². The maximum atomic E-state index is 6.30. The summed E-state index contributed by atoms with van der Waals surface area (Å²) in [5.41, 5.74) is 8.16. The predicted octanol–water partition coefficient (Wildman–Crippen LogP) is 2.17. The molecule has 102 valence electrons. The largest absolute Gasteiger partial charge is 0.383 e. The van der Waals surface area contributed by atoms with Crippen molar-refractivity contribution in [3.8, 4) is 23.7 Å². The highest BCUT2D eigenvalue weighted by atomic mass is 15.2. The van der Waals surface area contributed by atoms with Crippen LogP contribution in [0.2, 0.25) is 0 Å². The van der Waals surface area contributed by atoms with Crippen LogP contribution in [0, 0.1) is 12.3 Å². The molecule has 5 nitrogen and oxygen atoms in total. The second kappa shape index (κ2) is 4.14. The summed E-state index contributed by atoms with van der Waals surface area (Å²) in [4.78, 5) is 9.05. The highest BCUT2D eigenvalue weighted by Crippen LogP contribution is 2.43. The molecule has 0 bridgehead atoms. The average molecular weight is 267 g/mol. The first-order chi connectivity index (χ1) is 9.79. The van der Waals surface area contributed by atoms with Crippen LogP contribution in [-0.2, 0) is 6.54 Å². The van der Waals surface area contributed by atoms with Gasteiger partial charge < -0.3 is 14.9 Å². The Hall–Kier alpha value is -2.22. The molecule has 2 saturated carbocycles. The Kier molecular flexibility index (Phi) is 2.40. The van der Waals surface area contributed by atoms with Crippen LogP contribution in [0.4, 0.5) is 5.82 Å². The van der Waals surface area contributed by atoms with Crippen LogP contribution in [0.15, 0.2) is 12.5 Å². The fourth-order valence-electron chi connectivity index (χ4n) is 2.71. The molecular weight excluding hydrogens is 250 g/mol. The first-order valence-corrected chi connectivity index (χ1v) is 7.11. The number of nitrogen functional groups attached to an aromatic ring is 1. The standard InChI is InChI=1S/C15H17N5/c1-2-7-19-14(16)13(18-15(19)10-3-4-10)12-8-17-9-20(12)11-5-6-11/h1,8-11H,3-7,16H2. The zero-order valence-electron chi connectivity index (χ0n) is 11.3. The lowest BCUT2D eigenvalue weighted by molar-refractivity contribution is 0.746. The van der Waals surface area contributed by atoms with E-state index >= 15 is 0 Å². The van der Waals surface area contributed by atoms with Crippen molar-refractivity contribution in [2.24, 2.45) is 0 Å². The van der Waals surface area contributed by atoms with Gasteiger partial charge in [-0.05, 0) is 25.7 Å². The Bertz CT molecular complexity index is 694. The van der Waals surface area contributed by atoms with E-state index in [-0.39, 0.29) is 0 Å². The van der Waals surface area contributed by atoms with E-state index in [9.17, 15) is 0 Å². The molecule has 0 radical (unpaired) electrons. The number of nitrogens with two attached hydrogens (primary N) is 1. The molecule has 0 amide bonds. The normalized spacial score (nSPS) is 18.1. The Morgan fingerprint density at radius 3 is 2.80 bits per heavy atom. The lowest BCUT2D eigenvalue weighted by atomic mass is 10.3. The Morgan fingerprint density at radius 2 is 2.15 bits per heavy atom. The van der Waals surface area contributed by atoms with Gasteiger partial charge in [-0.1, -0.05) is 5.92 Å². The van der Waals surface area contributed by atoms with Crippen molar-refractivity contribution < 1.29 is 0 Å².